The Kier molecular flexibility index (Phi) is 7.23. The molecule has 3 aromatic carbocycles. The first kappa shape index (κ1) is 23.4. The van der Waals surface area contributed by atoms with E-state index in [1.165, 1.54) is 14.2 Å². The topological polar surface area (TPSA) is 71.1 Å². The van der Waals surface area contributed by atoms with Crippen LogP contribution in [0.1, 0.15) is 20.7 Å². The predicted molar refractivity (Wildman–Crippen MR) is 134 cm³/mol. The van der Waals surface area contributed by atoms with Crippen LogP contribution in [0.15, 0.2) is 66.7 Å². The van der Waals surface area contributed by atoms with Crippen molar-refractivity contribution in [3.05, 3.63) is 82.9 Å². The summed E-state index contributed by atoms with van der Waals surface area (Å²) in [5.41, 5.74) is 2.53. The molecular weight excluding hydrogens is 454 g/mol. The van der Waals surface area contributed by atoms with Crippen LogP contribution < -0.4 is 19.7 Å². The van der Waals surface area contributed by atoms with Gasteiger partial charge in [-0.2, -0.15) is 0 Å². The molecule has 34 heavy (non-hydrogen) atoms. The number of nitrogens with zero attached hydrogens (tertiary/aromatic N) is 2. The van der Waals surface area contributed by atoms with Gasteiger partial charge in [-0.3, -0.25) is 9.59 Å². The third-order valence-electron chi connectivity index (χ3n) is 5.81. The van der Waals surface area contributed by atoms with Crippen molar-refractivity contribution in [2.45, 2.75) is 0 Å². The lowest BCUT2D eigenvalue weighted by Gasteiger charge is -2.37. The number of hydrogen-bond donors (Lipinski definition) is 1. The number of benzene rings is 3. The minimum absolute atomic E-state index is 0.0128. The van der Waals surface area contributed by atoms with Gasteiger partial charge in [0.15, 0.2) is 0 Å². The van der Waals surface area contributed by atoms with Gasteiger partial charge in [0.25, 0.3) is 11.8 Å². The van der Waals surface area contributed by atoms with Crippen LogP contribution in [0.5, 0.6) is 11.5 Å². The molecule has 1 aliphatic rings. The predicted octanol–water partition coefficient (Wildman–Crippen LogP) is 4.57. The maximum Gasteiger partial charge on any atom is 0.263 e. The first-order valence-electron chi connectivity index (χ1n) is 10.9. The van der Waals surface area contributed by atoms with E-state index in [-0.39, 0.29) is 11.8 Å². The quantitative estimate of drug-likeness (QED) is 0.560. The fourth-order valence-corrected chi connectivity index (χ4v) is 4.17. The number of nitrogens with one attached hydrogen (secondary N) is 1. The van der Waals surface area contributed by atoms with E-state index in [1.54, 1.807) is 42.5 Å². The molecule has 176 valence electrons. The minimum Gasteiger partial charge on any atom is -0.496 e. The molecule has 4 rings (SSSR count). The van der Waals surface area contributed by atoms with Gasteiger partial charge in [0.05, 0.1) is 25.6 Å². The van der Waals surface area contributed by atoms with Crippen molar-refractivity contribution in [3.8, 4) is 11.5 Å². The molecule has 1 fully saturated rings. The van der Waals surface area contributed by atoms with Crippen molar-refractivity contribution in [1.29, 1.82) is 0 Å². The van der Waals surface area contributed by atoms with Gasteiger partial charge < -0.3 is 24.6 Å². The average Bonchev–Trinajstić information content (AvgIpc) is 2.88. The lowest BCUT2D eigenvalue weighted by atomic mass is 10.1. The highest BCUT2D eigenvalue weighted by Gasteiger charge is 2.25. The van der Waals surface area contributed by atoms with Gasteiger partial charge in [0.2, 0.25) is 0 Å². The first-order chi connectivity index (χ1) is 16.5. The third-order valence-corrected chi connectivity index (χ3v) is 6.06. The minimum atomic E-state index is -0.321. The van der Waals surface area contributed by atoms with Gasteiger partial charge >= 0.3 is 0 Å². The van der Waals surface area contributed by atoms with Crippen molar-refractivity contribution >= 4 is 34.8 Å². The summed E-state index contributed by atoms with van der Waals surface area (Å²) in [6.45, 7) is 2.43. The van der Waals surface area contributed by atoms with Gasteiger partial charge in [-0.1, -0.05) is 29.8 Å². The zero-order valence-corrected chi connectivity index (χ0v) is 19.8. The molecule has 0 spiro atoms. The van der Waals surface area contributed by atoms with E-state index in [0.717, 1.165) is 5.69 Å². The smallest absolute Gasteiger partial charge is 0.263 e. The molecule has 0 unspecified atom stereocenters. The van der Waals surface area contributed by atoms with E-state index in [4.69, 9.17) is 21.1 Å². The van der Waals surface area contributed by atoms with Crippen LogP contribution in [0.25, 0.3) is 0 Å². The molecule has 2 amide bonds. The van der Waals surface area contributed by atoms with Gasteiger partial charge in [-0.15, -0.1) is 0 Å². The van der Waals surface area contributed by atoms with Crippen LogP contribution in [-0.2, 0) is 0 Å². The van der Waals surface area contributed by atoms with Crippen LogP contribution >= 0.6 is 11.6 Å². The van der Waals surface area contributed by atoms with Gasteiger partial charge in [0, 0.05) is 36.8 Å². The molecule has 7 nitrogen and oxygen atoms in total. The van der Waals surface area contributed by atoms with Crippen LogP contribution in [-0.4, -0.2) is 57.1 Å². The molecule has 1 saturated heterocycles. The number of carbonyl (C=O) groups is 2. The number of amides is 2. The highest BCUT2D eigenvalue weighted by Crippen LogP contribution is 2.32. The molecule has 1 heterocycles. The van der Waals surface area contributed by atoms with Gasteiger partial charge in [-0.05, 0) is 48.5 Å². The highest BCUT2D eigenvalue weighted by atomic mass is 35.5. The molecule has 0 bridgehead atoms. The summed E-state index contributed by atoms with van der Waals surface area (Å²) in [5, 5.41) is 3.61. The molecule has 0 atom stereocenters. The second-order valence-corrected chi connectivity index (χ2v) is 8.23. The molecule has 1 N–H and O–H groups in total. The highest BCUT2D eigenvalue weighted by molar-refractivity contribution is 6.30. The van der Waals surface area contributed by atoms with E-state index < -0.39 is 0 Å². The molecule has 0 radical (unpaired) electrons. The number of piperazine rings is 1. The number of para-hydroxylation sites is 2. The second-order valence-electron chi connectivity index (χ2n) is 7.79. The summed E-state index contributed by atoms with van der Waals surface area (Å²) in [7, 11) is 3.04. The Hall–Kier alpha value is -3.71. The van der Waals surface area contributed by atoms with Crippen molar-refractivity contribution < 1.29 is 19.1 Å². The maximum atomic E-state index is 13.2. The van der Waals surface area contributed by atoms with E-state index in [9.17, 15) is 9.59 Å². The second kappa shape index (κ2) is 10.5. The number of anilines is 2. The van der Waals surface area contributed by atoms with Crippen molar-refractivity contribution in [2.24, 2.45) is 0 Å². The molecule has 0 aromatic heterocycles. The molecule has 3 aromatic rings. The largest absolute Gasteiger partial charge is 0.496 e. The number of rotatable bonds is 6. The summed E-state index contributed by atoms with van der Waals surface area (Å²) in [6.07, 6.45) is 0. The Morgan fingerprint density at radius 1 is 0.824 bits per heavy atom. The fraction of sp³-hybridized carbons (Fsp3) is 0.231. The Bertz CT molecular complexity index is 1150. The van der Waals surface area contributed by atoms with Gasteiger partial charge in [-0.25, -0.2) is 0 Å². The SMILES string of the molecule is COc1cccc(OC)c1C(=O)Nc1ccccc1N1CCN(C(=O)c2ccc(Cl)cc2)CC1. The van der Waals surface area contributed by atoms with E-state index in [2.05, 4.69) is 10.2 Å². The molecule has 1 aliphatic heterocycles. The number of hydrogen-bond acceptors (Lipinski definition) is 5. The van der Waals surface area contributed by atoms with Crippen molar-refractivity contribution in [1.82, 2.24) is 4.90 Å². The number of methoxy groups -OCH3 is 2. The maximum absolute atomic E-state index is 13.2. The summed E-state index contributed by atoms with van der Waals surface area (Å²) in [4.78, 5) is 30.0. The van der Waals surface area contributed by atoms with E-state index in [0.29, 0.717) is 59.5 Å². The Morgan fingerprint density at radius 3 is 2.06 bits per heavy atom. The monoisotopic (exact) mass is 479 g/mol. The number of carbonyl (C=O) groups excluding carboxylic acids is 2. The summed E-state index contributed by atoms with van der Waals surface area (Å²) in [5.74, 6) is 0.534. The molecule has 0 aliphatic carbocycles. The van der Waals surface area contributed by atoms with Crippen LogP contribution in [0.2, 0.25) is 5.02 Å². The van der Waals surface area contributed by atoms with Crippen LogP contribution in [0, 0.1) is 0 Å². The van der Waals surface area contributed by atoms with E-state index in [1.807, 2.05) is 29.2 Å². The van der Waals surface area contributed by atoms with E-state index >= 15 is 0 Å². The average molecular weight is 480 g/mol. The summed E-state index contributed by atoms with van der Waals surface area (Å²) < 4.78 is 10.7. The van der Waals surface area contributed by atoms with Crippen molar-refractivity contribution in [2.75, 3.05) is 50.6 Å². The number of halogens is 1. The first-order valence-corrected chi connectivity index (χ1v) is 11.3. The third kappa shape index (κ3) is 4.94. The molecular formula is C26H26ClN3O4. The lowest BCUT2D eigenvalue weighted by Crippen LogP contribution is -2.49. The Labute approximate surface area is 203 Å². The summed E-state index contributed by atoms with van der Waals surface area (Å²) in [6, 6.07) is 19.8. The Balaban J connectivity index is 1.48. The van der Waals surface area contributed by atoms with Gasteiger partial charge in [0.1, 0.15) is 17.1 Å². The zero-order chi connectivity index (χ0) is 24.1. The normalized spacial score (nSPS) is 13.4. The Morgan fingerprint density at radius 2 is 1.44 bits per heavy atom. The molecule has 0 saturated carbocycles. The summed E-state index contributed by atoms with van der Waals surface area (Å²) >= 11 is 5.94. The van der Waals surface area contributed by atoms with Crippen molar-refractivity contribution in [3.63, 3.8) is 0 Å². The van der Waals surface area contributed by atoms with Crippen LogP contribution in [0.3, 0.4) is 0 Å². The fourth-order valence-electron chi connectivity index (χ4n) is 4.04. The standard InChI is InChI=1S/C26H26ClN3O4/c1-33-22-8-5-9-23(34-2)24(22)25(31)28-20-6-3-4-7-21(20)29-14-16-30(17-15-29)26(32)18-10-12-19(27)13-11-18/h3-13H,14-17H2,1-2H3,(H,28,31). The molecule has 8 heteroatoms. The zero-order valence-electron chi connectivity index (χ0n) is 19.1. The number of ether oxygens (including phenoxy) is 2. The van der Waals surface area contributed by atoms with Crippen LogP contribution in [0.4, 0.5) is 11.4 Å². The lowest BCUT2D eigenvalue weighted by molar-refractivity contribution is 0.0746.